The lowest BCUT2D eigenvalue weighted by atomic mass is 9.82. The van der Waals surface area contributed by atoms with Crippen molar-refractivity contribution in [3.63, 3.8) is 0 Å². The van der Waals surface area contributed by atoms with Gasteiger partial charge in [-0.15, -0.1) is 0 Å². The molecule has 2 heterocycles. The molecule has 118 valence electrons. The van der Waals surface area contributed by atoms with Gasteiger partial charge < -0.3 is 0 Å². The number of hydrogen-bond acceptors (Lipinski definition) is 2. The molecule has 0 saturated carbocycles. The van der Waals surface area contributed by atoms with Crippen LogP contribution >= 0.6 is 0 Å². The first-order valence-corrected chi connectivity index (χ1v) is 7.86. The third-order valence-electron chi connectivity index (χ3n) is 4.59. The van der Waals surface area contributed by atoms with Crippen molar-refractivity contribution >= 4 is 0 Å². The summed E-state index contributed by atoms with van der Waals surface area (Å²) in [6.07, 6.45) is 4.73. The van der Waals surface area contributed by atoms with Crippen LogP contribution in [0.3, 0.4) is 0 Å². The standard InChI is InChI=1S/C17H21F2N3/c1-2-22-9-3-4-13(17(22)16-7-8-20-21-16)10-12-5-6-14(18)15(19)11-12/h5-8,11,13,17H,2-4,9-10H2,1H3,(H,20,21). The summed E-state index contributed by atoms with van der Waals surface area (Å²) in [5.41, 5.74) is 1.96. The average Bonchev–Trinajstić information content (AvgIpc) is 3.04. The SMILES string of the molecule is CCN1CCCC(Cc2ccc(F)c(F)c2)C1c1ccn[nH]1. The number of likely N-dealkylation sites (tertiary alicyclic amines) is 1. The highest BCUT2D eigenvalue weighted by molar-refractivity contribution is 5.20. The van der Waals surface area contributed by atoms with Crippen LogP contribution in [0, 0.1) is 17.6 Å². The monoisotopic (exact) mass is 305 g/mol. The van der Waals surface area contributed by atoms with Crippen LogP contribution in [0.1, 0.15) is 37.1 Å². The molecule has 3 nitrogen and oxygen atoms in total. The van der Waals surface area contributed by atoms with Crippen molar-refractivity contribution in [3.8, 4) is 0 Å². The number of H-pyrrole nitrogens is 1. The van der Waals surface area contributed by atoms with E-state index < -0.39 is 11.6 Å². The molecule has 1 aromatic carbocycles. The number of hydrogen-bond donors (Lipinski definition) is 1. The number of benzene rings is 1. The molecule has 2 unspecified atom stereocenters. The molecule has 0 aliphatic carbocycles. The van der Waals surface area contributed by atoms with E-state index in [0.29, 0.717) is 5.92 Å². The lowest BCUT2D eigenvalue weighted by Crippen LogP contribution is -2.39. The fourth-order valence-corrected chi connectivity index (χ4v) is 3.57. The summed E-state index contributed by atoms with van der Waals surface area (Å²) >= 11 is 0. The van der Waals surface area contributed by atoms with Crippen molar-refractivity contribution in [3.05, 3.63) is 53.4 Å². The maximum atomic E-state index is 13.4. The number of piperidine rings is 1. The highest BCUT2D eigenvalue weighted by Gasteiger charge is 2.32. The second-order valence-corrected chi connectivity index (χ2v) is 5.94. The lowest BCUT2D eigenvalue weighted by Gasteiger charge is -2.40. The van der Waals surface area contributed by atoms with Gasteiger partial charge in [0.1, 0.15) is 0 Å². The normalized spacial score (nSPS) is 22.9. The van der Waals surface area contributed by atoms with Gasteiger partial charge in [-0.2, -0.15) is 5.10 Å². The van der Waals surface area contributed by atoms with Gasteiger partial charge in [0.2, 0.25) is 0 Å². The van der Waals surface area contributed by atoms with E-state index in [0.717, 1.165) is 43.6 Å². The van der Waals surface area contributed by atoms with Crippen LogP contribution in [-0.2, 0) is 6.42 Å². The third kappa shape index (κ3) is 3.04. The first kappa shape index (κ1) is 15.2. The van der Waals surface area contributed by atoms with Gasteiger partial charge in [-0.05, 0) is 62.0 Å². The first-order valence-electron chi connectivity index (χ1n) is 7.86. The van der Waals surface area contributed by atoms with E-state index in [1.807, 2.05) is 6.07 Å². The van der Waals surface area contributed by atoms with E-state index in [2.05, 4.69) is 22.0 Å². The highest BCUT2D eigenvalue weighted by atomic mass is 19.2. The Morgan fingerprint density at radius 3 is 2.82 bits per heavy atom. The molecule has 1 aliphatic rings. The van der Waals surface area contributed by atoms with Crippen molar-refractivity contribution in [1.29, 1.82) is 0 Å². The fourth-order valence-electron chi connectivity index (χ4n) is 3.57. The summed E-state index contributed by atoms with van der Waals surface area (Å²) in [6.45, 7) is 4.19. The van der Waals surface area contributed by atoms with Crippen molar-refractivity contribution < 1.29 is 8.78 Å². The Balaban J connectivity index is 1.84. The zero-order chi connectivity index (χ0) is 15.5. The number of aromatic nitrogens is 2. The van der Waals surface area contributed by atoms with Gasteiger partial charge in [0, 0.05) is 6.20 Å². The molecule has 1 aliphatic heterocycles. The molecule has 0 amide bonds. The van der Waals surface area contributed by atoms with E-state index in [4.69, 9.17) is 0 Å². The fraction of sp³-hybridized carbons (Fsp3) is 0.471. The van der Waals surface area contributed by atoms with Gasteiger partial charge in [-0.25, -0.2) is 8.78 Å². The molecule has 1 fully saturated rings. The summed E-state index contributed by atoms with van der Waals surface area (Å²) in [6, 6.07) is 6.50. The molecule has 2 atom stereocenters. The summed E-state index contributed by atoms with van der Waals surface area (Å²) in [7, 11) is 0. The molecule has 1 saturated heterocycles. The topological polar surface area (TPSA) is 31.9 Å². The van der Waals surface area contributed by atoms with Gasteiger partial charge in [-0.3, -0.25) is 10.00 Å². The quantitative estimate of drug-likeness (QED) is 0.934. The number of rotatable bonds is 4. The minimum Gasteiger partial charge on any atom is -0.295 e. The second-order valence-electron chi connectivity index (χ2n) is 5.94. The summed E-state index contributed by atoms with van der Waals surface area (Å²) in [5.74, 6) is -1.18. The molecule has 1 aromatic heterocycles. The van der Waals surface area contributed by atoms with Crippen LogP contribution < -0.4 is 0 Å². The highest BCUT2D eigenvalue weighted by Crippen LogP contribution is 2.37. The third-order valence-corrected chi connectivity index (χ3v) is 4.59. The molecule has 2 aromatic rings. The molecule has 0 bridgehead atoms. The van der Waals surface area contributed by atoms with E-state index in [1.54, 1.807) is 12.3 Å². The van der Waals surface area contributed by atoms with E-state index in [9.17, 15) is 8.78 Å². The largest absolute Gasteiger partial charge is 0.295 e. The summed E-state index contributed by atoms with van der Waals surface area (Å²) < 4.78 is 26.5. The Labute approximate surface area is 129 Å². The van der Waals surface area contributed by atoms with Crippen LogP contribution in [0.5, 0.6) is 0 Å². The Morgan fingerprint density at radius 2 is 2.14 bits per heavy atom. The van der Waals surface area contributed by atoms with Crippen LogP contribution in [0.15, 0.2) is 30.5 Å². The smallest absolute Gasteiger partial charge is 0.159 e. The molecule has 0 radical (unpaired) electrons. The number of aromatic amines is 1. The Bertz CT molecular complexity index is 612. The molecule has 1 N–H and O–H groups in total. The number of nitrogens with zero attached hydrogens (tertiary/aromatic N) is 2. The second kappa shape index (κ2) is 6.57. The molecule has 0 spiro atoms. The Morgan fingerprint density at radius 1 is 1.27 bits per heavy atom. The van der Waals surface area contributed by atoms with Gasteiger partial charge in [0.05, 0.1) is 11.7 Å². The molecule has 22 heavy (non-hydrogen) atoms. The van der Waals surface area contributed by atoms with Crippen molar-refractivity contribution in [2.45, 2.75) is 32.2 Å². The van der Waals surface area contributed by atoms with Gasteiger partial charge in [0.15, 0.2) is 11.6 Å². The van der Waals surface area contributed by atoms with E-state index in [1.165, 1.54) is 12.1 Å². The molecule has 5 heteroatoms. The van der Waals surface area contributed by atoms with Crippen LogP contribution in [0.4, 0.5) is 8.78 Å². The minimum atomic E-state index is -0.785. The summed E-state index contributed by atoms with van der Waals surface area (Å²) in [4.78, 5) is 2.43. The lowest BCUT2D eigenvalue weighted by molar-refractivity contribution is 0.0946. The van der Waals surface area contributed by atoms with Crippen molar-refractivity contribution in [1.82, 2.24) is 15.1 Å². The van der Waals surface area contributed by atoms with E-state index >= 15 is 0 Å². The van der Waals surface area contributed by atoms with Crippen LogP contribution in [-0.4, -0.2) is 28.2 Å². The van der Waals surface area contributed by atoms with Crippen LogP contribution in [0.2, 0.25) is 0 Å². The summed E-state index contributed by atoms with van der Waals surface area (Å²) in [5, 5.41) is 7.15. The predicted molar refractivity (Wildman–Crippen MR) is 81.4 cm³/mol. The van der Waals surface area contributed by atoms with Crippen molar-refractivity contribution in [2.75, 3.05) is 13.1 Å². The Kier molecular flexibility index (Phi) is 4.52. The minimum absolute atomic E-state index is 0.259. The van der Waals surface area contributed by atoms with Gasteiger partial charge in [-0.1, -0.05) is 13.0 Å². The van der Waals surface area contributed by atoms with Gasteiger partial charge in [0.25, 0.3) is 0 Å². The molecular weight excluding hydrogens is 284 g/mol. The van der Waals surface area contributed by atoms with Gasteiger partial charge >= 0.3 is 0 Å². The maximum Gasteiger partial charge on any atom is 0.159 e. The molecule has 3 rings (SSSR count). The zero-order valence-electron chi connectivity index (χ0n) is 12.7. The van der Waals surface area contributed by atoms with Crippen LogP contribution in [0.25, 0.3) is 0 Å². The average molecular weight is 305 g/mol. The zero-order valence-corrected chi connectivity index (χ0v) is 12.7. The Hall–Kier alpha value is -1.75. The molecular formula is C17H21F2N3. The first-order chi connectivity index (χ1) is 10.7. The van der Waals surface area contributed by atoms with Crippen molar-refractivity contribution in [2.24, 2.45) is 5.92 Å². The van der Waals surface area contributed by atoms with E-state index in [-0.39, 0.29) is 6.04 Å². The number of nitrogens with one attached hydrogen (secondary N) is 1. The predicted octanol–water partition coefficient (Wildman–Crippen LogP) is 3.70. The number of halogens is 2. The maximum absolute atomic E-state index is 13.4.